The van der Waals surface area contributed by atoms with Gasteiger partial charge in [0, 0.05) is 25.9 Å². The molecule has 0 saturated heterocycles. The molecule has 0 amide bonds. The molecule has 0 saturated carbocycles. The molecule has 1 heterocycles. The molecule has 0 spiro atoms. The summed E-state index contributed by atoms with van der Waals surface area (Å²) in [4.78, 5) is 4.02. The van der Waals surface area contributed by atoms with Crippen LogP contribution in [0.4, 0.5) is 5.82 Å². The number of hydrogen-bond acceptors (Lipinski definition) is 5. The zero-order valence-corrected chi connectivity index (χ0v) is 14.3. The number of aromatic nitrogens is 1. The highest BCUT2D eigenvalue weighted by molar-refractivity contribution is 7.89. The summed E-state index contributed by atoms with van der Waals surface area (Å²) in [6, 6.07) is 1.07. The molecule has 120 valence electrons. The Morgan fingerprint density at radius 1 is 1.43 bits per heavy atom. The molecule has 0 fully saturated rings. The smallest absolute Gasteiger partial charge is 0.242 e. The maximum Gasteiger partial charge on any atom is 0.242 e. The third kappa shape index (κ3) is 5.10. The van der Waals surface area contributed by atoms with Crippen LogP contribution in [0.1, 0.15) is 20.8 Å². The minimum Gasteiger partial charge on any atom is -0.380 e. The molecule has 0 bridgehead atoms. The van der Waals surface area contributed by atoms with E-state index >= 15 is 0 Å². The summed E-state index contributed by atoms with van der Waals surface area (Å²) < 4.78 is 32.7. The minimum absolute atomic E-state index is 0.0358. The Morgan fingerprint density at radius 3 is 2.57 bits per heavy atom. The Labute approximate surface area is 131 Å². The van der Waals surface area contributed by atoms with Crippen LogP contribution in [0.3, 0.4) is 0 Å². The Bertz CT molecular complexity index is 564. The van der Waals surface area contributed by atoms with Gasteiger partial charge in [-0.3, -0.25) is 0 Å². The van der Waals surface area contributed by atoms with Crippen molar-refractivity contribution in [2.75, 3.05) is 25.6 Å². The fourth-order valence-electron chi connectivity index (χ4n) is 1.63. The van der Waals surface area contributed by atoms with Crippen molar-refractivity contribution < 1.29 is 13.2 Å². The number of nitrogens with zero attached hydrogens (tertiary/aromatic N) is 1. The van der Waals surface area contributed by atoms with Crippen molar-refractivity contribution in [3.05, 3.63) is 17.3 Å². The molecule has 2 N–H and O–H groups in total. The first-order chi connectivity index (χ1) is 9.81. The van der Waals surface area contributed by atoms with Gasteiger partial charge in [0.2, 0.25) is 10.0 Å². The number of nitrogens with one attached hydrogen (secondary N) is 2. The van der Waals surface area contributed by atoms with Crippen LogP contribution in [-0.2, 0) is 14.8 Å². The Hall–Kier alpha value is -0.890. The summed E-state index contributed by atoms with van der Waals surface area (Å²) in [6.45, 7) is 6.59. The van der Waals surface area contributed by atoms with Gasteiger partial charge >= 0.3 is 0 Å². The Balaban J connectivity index is 2.96. The van der Waals surface area contributed by atoms with Gasteiger partial charge in [0.1, 0.15) is 10.7 Å². The summed E-state index contributed by atoms with van der Waals surface area (Å²) in [7, 11) is -2.02. The van der Waals surface area contributed by atoms with E-state index in [1.807, 2.05) is 20.8 Å². The second-order valence-corrected chi connectivity index (χ2v) is 7.00. The van der Waals surface area contributed by atoms with Gasteiger partial charge in [-0.15, -0.1) is 0 Å². The van der Waals surface area contributed by atoms with Crippen molar-refractivity contribution in [1.82, 2.24) is 9.71 Å². The van der Waals surface area contributed by atoms with Crippen molar-refractivity contribution in [2.45, 2.75) is 31.7 Å². The van der Waals surface area contributed by atoms with Gasteiger partial charge in [-0.1, -0.05) is 25.4 Å². The van der Waals surface area contributed by atoms with Crippen LogP contribution in [0.25, 0.3) is 0 Å². The number of ether oxygens (including phenoxy) is 1. The van der Waals surface area contributed by atoms with Gasteiger partial charge in [0.25, 0.3) is 0 Å². The fraction of sp³-hybridized carbons (Fsp3) is 0.615. The third-order valence-corrected chi connectivity index (χ3v) is 4.72. The van der Waals surface area contributed by atoms with Gasteiger partial charge < -0.3 is 10.1 Å². The van der Waals surface area contributed by atoms with Crippen molar-refractivity contribution >= 4 is 27.4 Å². The third-order valence-electron chi connectivity index (χ3n) is 2.98. The van der Waals surface area contributed by atoms with Gasteiger partial charge in [-0.05, 0) is 18.9 Å². The van der Waals surface area contributed by atoms with Crippen molar-refractivity contribution in [1.29, 1.82) is 0 Å². The Kier molecular flexibility index (Phi) is 6.86. The second-order valence-electron chi connectivity index (χ2n) is 4.88. The summed E-state index contributed by atoms with van der Waals surface area (Å²) in [6.07, 6.45) is 1.28. The van der Waals surface area contributed by atoms with E-state index in [1.165, 1.54) is 12.3 Å². The monoisotopic (exact) mass is 335 g/mol. The predicted octanol–water partition coefficient (Wildman–Crippen LogP) is 2.12. The normalized spacial score (nSPS) is 13.4. The van der Waals surface area contributed by atoms with Crippen LogP contribution >= 0.6 is 11.6 Å². The number of sulfonamides is 1. The molecule has 1 aromatic heterocycles. The lowest BCUT2D eigenvalue weighted by Crippen LogP contribution is -2.41. The maximum atomic E-state index is 12.4. The molecule has 6 nitrogen and oxygen atoms in total. The molecule has 0 aromatic carbocycles. The summed E-state index contributed by atoms with van der Waals surface area (Å²) in [5.41, 5.74) is 0. The molecule has 1 unspecified atom stereocenters. The fourth-order valence-corrected chi connectivity index (χ4v) is 3.29. The van der Waals surface area contributed by atoms with E-state index in [2.05, 4.69) is 15.0 Å². The van der Waals surface area contributed by atoms with E-state index in [0.717, 1.165) is 0 Å². The topological polar surface area (TPSA) is 80.3 Å². The van der Waals surface area contributed by atoms with Gasteiger partial charge in [-0.2, -0.15) is 0 Å². The van der Waals surface area contributed by atoms with E-state index < -0.39 is 10.0 Å². The summed E-state index contributed by atoms with van der Waals surface area (Å²) in [5, 5.41) is 3.04. The molecule has 0 radical (unpaired) electrons. The van der Waals surface area contributed by atoms with Crippen LogP contribution in [-0.4, -0.2) is 39.7 Å². The summed E-state index contributed by atoms with van der Waals surface area (Å²) >= 11 is 5.98. The highest BCUT2D eigenvalue weighted by Crippen LogP contribution is 2.22. The maximum absolute atomic E-state index is 12.4. The first-order valence-corrected chi connectivity index (χ1v) is 8.61. The number of hydrogen-bond donors (Lipinski definition) is 2. The van der Waals surface area contributed by atoms with E-state index in [0.29, 0.717) is 19.0 Å². The molecule has 1 atom stereocenters. The largest absolute Gasteiger partial charge is 0.380 e. The molecule has 21 heavy (non-hydrogen) atoms. The average molecular weight is 336 g/mol. The van der Waals surface area contributed by atoms with Gasteiger partial charge in [-0.25, -0.2) is 18.1 Å². The molecule has 1 aromatic rings. The molecule has 0 aliphatic carbocycles. The predicted molar refractivity (Wildman–Crippen MR) is 84.2 cm³/mol. The van der Waals surface area contributed by atoms with Gasteiger partial charge in [0.15, 0.2) is 0 Å². The average Bonchev–Trinajstić information content (AvgIpc) is 2.43. The SMILES string of the molecule is CCOCC(NS(=O)(=O)c1cnc(NC)c(Cl)c1)C(C)C. The highest BCUT2D eigenvalue weighted by atomic mass is 35.5. The zero-order valence-electron chi connectivity index (χ0n) is 12.7. The van der Waals surface area contributed by atoms with Crippen LogP contribution in [0.2, 0.25) is 5.02 Å². The first kappa shape index (κ1) is 18.2. The highest BCUT2D eigenvalue weighted by Gasteiger charge is 2.23. The number of anilines is 1. The molecular weight excluding hydrogens is 314 g/mol. The number of pyridine rings is 1. The minimum atomic E-state index is -3.69. The van der Waals surface area contributed by atoms with Crippen molar-refractivity contribution in [3.8, 4) is 0 Å². The molecule has 8 heteroatoms. The van der Waals surface area contributed by atoms with E-state index in [4.69, 9.17) is 16.3 Å². The van der Waals surface area contributed by atoms with Crippen LogP contribution < -0.4 is 10.0 Å². The standard InChI is InChI=1S/C13H22ClN3O3S/c1-5-20-8-12(9(2)3)17-21(18,19)10-6-11(14)13(15-4)16-7-10/h6-7,9,12,17H,5,8H2,1-4H3,(H,15,16). The van der Waals surface area contributed by atoms with Crippen LogP contribution in [0.5, 0.6) is 0 Å². The summed E-state index contributed by atoms with van der Waals surface area (Å²) in [5.74, 6) is 0.539. The number of rotatable bonds is 8. The van der Waals surface area contributed by atoms with Gasteiger partial charge in [0.05, 0.1) is 11.6 Å². The number of halogens is 1. The molecule has 0 aliphatic rings. The quantitative estimate of drug-likeness (QED) is 0.760. The zero-order chi connectivity index (χ0) is 16.0. The molecular formula is C13H22ClN3O3S. The molecule has 1 rings (SSSR count). The lowest BCUT2D eigenvalue weighted by molar-refractivity contribution is 0.116. The lowest BCUT2D eigenvalue weighted by Gasteiger charge is -2.22. The second kappa shape index (κ2) is 7.93. The van der Waals surface area contributed by atoms with Crippen molar-refractivity contribution in [3.63, 3.8) is 0 Å². The van der Waals surface area contributed by atoms with E-state index in [1.54, 1.807) is 7.05 Å². The lowest BCUT2D eigenvalue weighted by atomic mass is 10.1. The van der Waals surface area contributed by atoms with Crippen LogP contribution in [0.15, 0.2) is 17.2 Å². The molecule has 0 aliphatic heterocycles. The van der Waals surface area contributed by atoms with E-state index in [9.17, 15) is 8.42 Å². The van der Waals surface area contributed by atoms with Crippen LogP contribution in [0, 0.1) is 5.92 Å². The Morgan fingerprint density at radius 2 is 2.10 bits per heavy atom. The van der Waals surface area contributed by atoms with E-state index in [-0.39, 0.29) is 21.9 Å². The first-order valence-electron chi connectivity index (χ1n) is 6.75. The van der Waals surface area contributed by atoms with Crippen molar-refractivity contribution in [2.24, 2.45) is 5.92 Å².